The van der Waals surface area contributed by atoms with Gasteiger partial charge in [-0.1, -0.05) is 11.8 Å². The summed E-state index contributed by atoms with van der Waals surface area (Å²) < 4.78 is 38.4. The predicted molar refractivity (Wildman–Crippen MR) is 127 cm³/mol. The van der Waals surface area contributed by atoms with E-state index >= 15 is 0 Å². The van der Waals surface area contributed by atoms with Crippen LogP contribution in [0.15, 0.2) is 16.4 Å². The van der Waals surface area contributed by atoms with E-state index in [0.717, 1.165) is 21.3 Å². The fraction of sp³-hybridized carbons (Fsp3) is 0.625. The number of methoxy groups -OCH3 is 1. The third kappa shape index (κ3) is 5.44. The second kappa shape index (κ2) is 10.6. The first kappa shape index (κ1) is 27.7. The van der Waals surface area contributed by atoms with Crippen LogP contribution < -0.4 is 11.1 Å². The number of β-lactam (4-membered cyclic amide) rings is 1. The van der Waals surface area contributed by atoms with Crippen molar-refractivity contribution in [3.8, 4) is 0 Å². The Bertz CT molecular complexity index is 1160. The lowest BCUT2D eigenvalue weighted by Gasteiger charge is -2.55. The maximum absolute atomic E-state index is 13.1. The van der Waals surface area contributed by atoms with Crippen LogP contribution in [-0.4, -0.2) is 102 Å². The lowest BCUT2D eigenvalue weighted by Crippen LogP contribution is -2.80. The number of hydrogen-bond acceptors (Lipinski definition) is 13. The SMILES string of the molecule is CO[C@@]1(NC(=O)CSC(C)N)C(=O)N2C(C(=O)O)=C(CSc3nnnn3C(C)S(=O)(=O)O)CS[C@@H]21. The zero-order valence-corrected chi connectivity index (χ0v) is 21.9. The molecule has 3 rings (SSSR count). The van der Waals surface area contributed by atoms with Crippen LogP contribution in [0.25, 0.3) is 0 Å². The van der Waals surface area contributed by atoms with Crippen molar-refractivity contribution in [1.29, 1.82) is 0 Å². The van der Waals surface area contributed by atoms with Crippen LogP contribution in [0.5, 0.6) is 0 Å². The number of carbonyl (C=O) groups excluding carboxylic acids is 2. The largest absolute Gasteiger partial charge is 0.477 e. The van der Waals surface area contributed by atoms with Gasteiger partial charge in [-0.25, -0.2) is 4.79 Å². The fourth-order valence-electron chi connectivity index (χ4n) is 3.29. The van der Waals surface area contributed by atoms with Crippen LogP contribution >= 0.6 is 35.3 Å². The average molecular weight is 570 g/mol. The molecule has 2 aliphatic rings. The molecule has 1 aromatic heterocycles. The molecule has 1 aromatic rings. The minimum Gasteiger partial charge on any atom is -0.477 e. The highest BCUT2D eigenvalue weighted by Crippen LogP contribution is 2.47. The summed E-state index contributed by atoms with van der Waals surface area (Å²) in [7, 11) is -3.23. The van der Waals surface area contributed by atoms with Crippen molar-refractivity contribution in [2.24, 2.45) is 5.73 Å². The molecule has 0 bridgehead atoms. The second-order valence-corrected chi connectivity index (χ2v) is 12.5. The number of fused-ring (bicyclic) bond motifs is 1. The van der Waals surface area contributed by atoms with E-state index in [1.165, 1.54) is 37.6 Å². The molecule has 2 unspecified atom stereocenters. The summed E-state index contributed by atoms with van der Waals surface area (Å²) in [5.41, 5.74) is 4.02. The summed E-state index contributed by atoms with van der Waals surface area (Å²) in [5.74, 6) is -2.39. The molecule has 0 aromatic carbocycles. The number of aromatic nitrogens is 4. The summed E-state index contributed by atoms with van der Waals surface area (Å²) in [4.78, 5) is 38.6. The van der Waals surface area contributed by atoms with Gasteiger partial charge in [0.15, 0.2) is 5.37 Å². The number of hydrogen-bond donors (Lipinski definition) is 4. The first-order valence-corrected chi connectivity index (χ1v) is 14.4. The molecule has 0 spiro atoms. The number of ether oxygens (including phenoxy) is 1. The number of nitrogens with two attached hydrogens (primary N) is 1. The van der Waals surface area contributed by atoms with Crippen molar-refractivity contribution >= 4 is 63.2 Å². The van der Waals surface area contributed by atoms with Gasteiger partial charge in [0.25, 0.3) is 21.8 Å². The standard InChI is InChI=1S/C16H23N7O8S4/c1-7(17)32-6-10(24)18-16(31-3)13(27)22-11(12(25)26)9(4-33-14(16)22)5-34-15-19-20-21-23(15)8(2)35(28,29)30/h7-8,14H,4-6,17H2,1-3H3,(H,18,24)(H,25,26)(H,28,29,30)/t7?,8?,14-,16+/m1/s1. The van der Waals surface area contributed by atoms with E-state index in [2.05, 4.69) is 20.8 Å². The van der Waals surface area contributed by atoms with E-state index in [-0.39, 0.29) is 33.5 Å². The van der Waals surface area contributed by atoms with Crippen molar-refractivity contribution in [2.75, 3.05) is 24.4 Å². The van der Waals surface area contributed by atoms with Crippen molar-refractivity contribution in [3.63, 3.8) is 0 Å². The highest BCUT2D eigenvalue weighted by molar-refractivity contribution is 8.01. The number of tetrazole rings is 1. The number of carboxylic acid groups (broad SMARTS) is 1. The molecule has 0 saturated carbocycles. The summed E-state index contributed by atoms with van der Waals surface area (Å²) in [6.07, 6.45) is 0. The maximum atomic E-state index is 13.1. The molecular formula is C16H23N7O8S4. The molecule has 5 N–H and O–H groups in total. The number of rotatable bonds is 11. The monoisotopic (exact) mass is 569 g/mol. The van der Waals surface area contributed by atoms with E-state index in [1.807, 2.05) is 0 Å². The smallest absolute Gasteiger partial charge is 0.352 e. The Morgan fingerprint density at radius 3 is 2.69 bits per heavy atom. The van der Waals surface area contributed by atoms with Gasteiger partial charge in [0.1, 0.15) is 11.1 Å². The van der Waals surface area contributed by atoms with Gasteiger partial charge in [0.05, 0.1) is 5.75 Å². The fourth-order valence-corrected chi connectivity index (χ4v) is 6.77. The summed E-state index contributed by atoms with van der Waals surface area (Å²) >= 11 is 3.32. The van der Waals surface area contributed by atoms with Gasteiger partial charge in [0, 0.05) is 24.0 Å². The lowest BCUT2D eigenvalue weighted by atomic mass is 9.98. The first-order chi connectivity index (χ1) is 16.3. The van der Waals surface area contributed by atoms with Gasteiger partial charge >= 0.3 is 5.97 Å². The number of nitrogens with zero attached hydrogens (tertiary/aromatic N) is 5. The third-order valence-corrected chi connectivity index (χ3v) is 9.46. The number of thioether (sulfide) groups is 3. The Morgan fingerprint density at radius 1 is 1.43 bits per heavy atom. The Hall–Kier alpha value is -1.90. The lowest BCUT2D eigenvalue weighted by molar-refractivity contribution is -0.192. The quantitative estimate of drug-likeness (QED) is 0.108. The molecule has 1 saturated heterocycles. The van der Waals surface area contributed by atoms with E-state index < -0.39 is 44.4 Å². The van der Waals surface area contributed by atoms with Crippen molar-refractivity contribution in [1.82, 2.24) is 30.4 Å². The molecule has 15 nitrogen and oxygen atoms in total. The van der Waals surface area contributed by atoms with Crippen molar-refractivity contribution < 1.29 is 37.2 Å². The Kier molecular flexibility index (Phi) is 8.39. The van der Waals surface area contributed by atoms with Gasteiger partial charge in [-0.2, -0.15) is 13.1 Å². The van der Waals surface area contributed by atoms with E-state index in [1.54, 1.807) is 6.92 Å². The number of amides is 2. The van der Waals surface area contributed by atoms with Crippen molar-refractivity contribution in [3.05, 3.63) is 11.3 Å². The van der Waals surface area contributed by atoms with Crippen LogP contribution in [0.2, 0.25) is 0 Å². The zero-order valence-electron chi connectivity index (χ0n) is 18.6. The molecule has 19 heteroatoms. The normalized spacial score (nSPS) is 24.0. The van der Waals surface area contributed by atoms with Gasteiger partial charge in [0.2, 0.25) is 11.1 Å². The van der Waals surface area contributed by atoms with Gasteiger partial charge in [-0.3, -0.25) is 19.0 Å². The first-order valence-electron chi connectivity index (χ1n) is 9.84. The Balaban J connectivity index is 1.80. The third-order valence-electron chi connectivity index (χ3n) is 5.05. The predicted octanol–water partition coefficient (Wildman–Crippen LogP) is -1.08. The summed E-state index contributed by atoms with van der Waals surface area (Å²) in [6, 6.07) is 0. The summed E-state index contributed by atoms with van der Waals surface area (Å²) in [6.45, 7) is 2.89. The molecule has 194 valence electrons. The Labute approximate surface area is 212 Å². The number of carbonyl (C=O) groups is 3. The number of aliphatic carboxylic acids is 1. The molecule has 2 amide bonds. The van der Waals surface area contributed by atoms with Gasteiger partial charge in [-0.05, 0) is 29.8 Å². The highest BCUT2D eigenvalue weighted by Gasteiger charge is 2.66. The van der Waals surface area contributed by atoms with Crippen LogP contribution in [0, 0.1) is 0 Å². The van der Waals surface area contributed by atoms with Gasteiger partial charge < -0.3 is 20.9 Å². The molecule has 2 aliphatic heterocycles. The van der Waals surface area contributed by atoms with Gasteiger partial charge in [-0.15, -0.1) is 28.6 Å². The molecule has 0 aliphatic carbocycles. The van der Waals surface area contributed by atoms with Crippen molar-refractivity contribution in [2.45, 2.75) is 40.9 Å². The van der Waals surface area contributed by atoms with E-state index in [4.69, 9.17) is 10.5 Å². The second-order valence-electron chi connectivity index (χ2n) is 7.41. The maximum Gasteiger partial charge on any atom is 0.352 e. The average Bonchev–Trinajstić information content (AvgIpc) is 3.25. The molecule has 0 radical (unpaired) electrons. The van der Waals surface area contributed by atoms with Crippen LogP contribution in [-0.2, 0) is 29.2 Å². The molecular weight excluding hydrogens is 546 g/mol. The number of carboxylic acids is 1. The topological polar surface area (TPSA) is 220 Å². The van der Waals surface area contributed by atoms with Crippen LogP contribution in [0.4, 0.5) is 0 Å². The minimum absolute atomic E-state index is 0.00629. The van der Waals surface area contributed by atoms with E-state index in [0.29, 0.717) is 5.57 Å². The van der Waals surface area contributed by atoms with Crippen LogP contribution in [0.3, 0.4) is 0 Å². The zero-order chi connectivity index (χ0) is 26.1. The minimum atomic E-state index is -4.48. The molecule has 4 atom stereocenters. The molecule has 1 fully saturated rings. The molecule has 35 heavy (non-hydrogen) atoms. The number of nitrogens with one attached hydrogen (secondary N) is 1. The van der Waals surface area contributed by atoms with E-state index in [9.17, 15) is 32.5 Å². The molecule has 3 heterocycles. The van der Waals surface area contributed by atoms with Crippen LogP contribution in [0.1, 0.15) is 19.2 Å². The Morgan fingerprint density at radius 2 is 2.11 bits per heavy atom. The summed E-state index contributed by atoms with van der Waals surface area (Å²) in [5, 5.41) is 20.6. The highest BCUT2D eigenvalue weighted by atomic mass is 32.2.